The Bertz CT molecular complexity index is 339. The van der Waals surface area contributed by atoms with Crippen LogP contribution in [0.3, 0.4) is 0 Å². The molecule has 1 saturated carbocycles. The fourth-order valence-electron chi connectivity index (χ4n) is 1.51. The van der Waals surface area contributed by atoms with E-state index in [1.54, 1.807) is 7.05 Å². The maximum atomic E-state index is 11.6. The molecule has 6 heteroatoms. The number of hydrogen-bond donors (Lipinski definition) is 2. The molecular weight excluding hydrogens is 246 g/mol. The van der Waals surface area contributed by atoms with Gasteiger partial charge in [-0.05, 0) is 33.1 Å². The Hall–Kier alpha value is -1.46. The summed E-state index contributed by atoms with van der Waals surface area (Å²) in [6, 6.07) is 0.135. The third-order valence-corrected chi connectivity index (χ3v) is 2.86. The number of urea groups is 1. The molecule has 19 heavy (non-hydrogen) atoms. The minimum atomic E-state index is -0.502. The van der Waals surface area contributed by atoms with Crippen molar-refractivity contribution in [3.63, 3.8) is 0 Å². The number of carbonyl (C=O) groups excluding carboxylic acids is 2. The van der Waals surface area contributed by atoms with E-state index in [-0.39, 0.29) is 12.1 Å². The second kappa shape index (κ2) is 6.12. The highest BCUT2D eigenvalue weighted by Gasteiger charge is 2.33. The first-order chi connectivity index (χ1) is 8.69. The van der Waals surface area contributed by atoms with Crippen molar-refractivity contribution in [2.45, 2.75) is 45.8 Å². The van der Waals surface area contributed by atoms with Gasteiger partial charge in [-0.3, -0.25) is 0 Å². The van der Waals surface area contributed by atoms with Crippen molar-refractivity contribution >= 4 is 12.1 Å². The Morgan fingerprint density at radius 2 is 1.95 bits per heavy atom. The molecule has 1 aliphatic rings. The first-order valence-corrected chi connectivity index (χ1v) is 6.67. The second-order valence-corrected chi connectivity index (χ2v) is 6.12. The predicted molar refractivity (Wildman–Crippen MR) is 73.0 cm³/mol. The van der Waals surface area contributed by atoms with Gasteiger partial charge < -0.3 is 20.3 Å². The number of amides is 3. The van der Waals surface area contributed by atoms with Crippen LogP contribution in [0.4, 0.5) is 9.59 Å². The third kappa shape index (κ3) is 6.31. The van der Waals surface area contributed by atoms with Gasteiger partial charge in [0.25, 0.3) is 0 Å². The van der Waals surface area contributed by atoms with Crippen LogP contribution >= 0.6 is 0 Å². The SMILES string of the molecule is C[C@@H]1C[C@H]1NC(=O)NCCN(C)C(=O)OC(C)(C)C. The van der Waals surface area contributed by atoms with Crippen molar-refractivity contribution in [1.82, 2.24) is 15.5 Å². The third-order valence-electron chi connectivity index (χ3n) is 2.86. The van der Waals surface area contributed by atoms with E-state index in [4.69, 9.17) is 4.74 Å². The Kier molecular flexibility index (Phi) is 5.03. The molecule has 0 bridgehead atoms. The van der Waals surface area contributed by atoms with Crippen LogP contribution in [0, 0.1) is 5.92 Å². The predicted octanol–water partition coefficient (Wildman–Crippen LogP) is 1.56. The maximum absolute atomic E-state index is 11.6. The van der Waals surface area contributed by atoms with Gasteiger partial charge in [0.15, 0.2) is 0 Å². The number of ether oxygens (including phenoxy) is 1. The highest BCUT2D eigenvalue weighted by atomic mass is 16.6. The molecule has 0 spiro atoms. The molecule has 0 aromatic heterocycles. The molecule has 0 aliphatic heterocycles. The van der Waals surface area contributed by atoms with Gasteiger partial charge in [0, 0.05) is 26.2 Å². The second-order valence-electron chi connectivity index (χ2n) is 6.12. The lowest BCUT2D eigenvalue weighted by Gasteiger charge is -2.24. The van der Waals surface area contributed by atoms with Gasteiger partial charge in [0.1, 0.15) is 5.60 Å². The summed E-state index contributed by atoms with van der Waals surface area (Å²) in [6.07, 6.45) is 0.663. The van der Waals surface area contributed by atoms with Crippen molar-refractivity contribution in [1.29, 1.82) is 0 Å². The van der Waals surface area contributed by atoms with E-state index in [1.165, 1.54) is 4.90 Å². The summed E-state index contributed by atoms with van der Waals surface area (Å²) >= 11 is 0. The number of carbonyl (C=O) groups is 2. The largest absolute Gasteiger partial charge is 0.444 e. The van der Waals surface area contributed by atoms with Crippen LogP contribution in [-0.4, -0.2) is 48.8 Å². The molecule has 0 saturated heterocycles. The lowest BCUT2D eigenvalue weighted by molar-refractivity contribution is 0.0301. The number of likely N-dealkylation sites (N-methyl/N-ethyl adjacent to an activating group) is 1. The molecule has 0 aromatic carbocycles. The first-order valence-electron chi connectivity index (χ1n) is 6.67. The summed E-state index contributed by atoms with van der Waals surface area (Å²) in [4.78, 5) is 24.6. The molecule has 6 nitrogen and oxygen atoms in total. The van der Waals surface area contributed by atoms with Crippen molar-refractivity contribution in [2.75, 3.05) is 20.1 Å². The standard InChI is InChI=1S/C13H25N3O3/c1-9-8-10(9)15-11(17)14-6-7-16(5)12(18)19-13(2,3)4/h9-10H,6-8H2,1-5H3,(H2,14,15,17)/t9-,10-/m1/s1. The molecule has 0 unspecified atom stereocenters. The average Bonchev–Trinajstić information content (AvgIpc) is 2.91. The van der Waals surface area contributed by atoms with Crippen LogP contribution in [-0.2, 0) is 4.74 Å². The van der Waals surface area contributed by atoms with Crippen LogP contribution < -0.4 is 10.6 Å². The van der Waals surface area contributed by atoms with Gasteiger partial charge in [0.2, 0.25) is 0 Å². The van der Waals surface area contributed by atoms with Crippen LogP contribution in [0.5, 0.6) is 0 Å². The van der Waals surface area contributed by atoms with E-state index in [9.17, 15) is 9.59 Å². The molecule has 1 aliphatic carbocycles. The van der Waals surface area contributed by atoms with Crippen LogP contribution in [0.1, 0.15) is 34.1 Å². The number of hydrogen-bond acceptors (Lipinski definition) is 3. The van der Waals surface area contributed by atoms with Crippen LogP contribution in [0.2, 0.25) is 0 Å². The van der Waals surface area contributed by atoms with E-state index < -0.39 is 5.60 Å². The average molecular weight is 271 g/mol. The Morgan fingerprint density at radius 1 is 1.37 bits per heavy atom. The lowest BCUT2D eigenvalue weighted by Crippen LogP contribution is -2.43. The van der Waals surface area contributed by atoms with Crippen molar-refractivity contribution < 1.29 is 14.3 Å². The molecule has 1 rings (SSSR count). The first kappa shape index (κ1) is 15.6. The van der Waals surface area contributed by atoms with Gasteiger partial charge in [-0.15, -0.1) is 0 Å². The highest BCUT2D eigenvalue weighted by Crippen LogP contribution is 2.28. The minimum absolute atomic E-state index is 0.174. The zero-order valence-electron chi connectivity index (χ0n) is 12.4. The summed E-state index contributed by atoms with van der Waals surface area (Å²) < 4.78 is 5.20. The van der Waals surface area contributed by atoms with Gasteiger partial charge in [0.05, 0.1) is 0 Å². The molecule has 2 atom stereocenters. The fourth-order valence-corrected chi connectivity index (χ4v) is 1.51. The van der Waals surface area contributed by atoms with E-state index in [2.05, 4.69) is 17.6 Å². The molecule has 110 valence electrons. The molecule has 0 heterocycles. The zero-order chi connectivity index (χ0) is 14.6. The fraction of sp³-hybridized carbons (Fsp3) is 0.846. The molecule has 2 N–H and O–H groups in total. The summed E-state index contributed by atoms with van der Waals surface area (Å²) in [5.74, 6) is 0.579. The van der Waals surface area contributed by atoms with E-state index in [1.807, 2.05) is 20.8 Å². The molecule has 1 fully saturated rings. The normalized spacial score (nSPS) is 21.5. The minimum Gasteiger partial charge on any atom is -0.444 e. The summed E-state index contributed by atoms with van der Waals surface area (Å²) in [7, 11) is 1.65. The van der Waals surface area contributed by atoms with Crippen LogP contribution in [0.25, 0.3) is 0 Å². The van der Waals surface area contributed by atoms with E-state index >= 15 is 0 Å². The molecule has 0 radical (unpaired) electrons. The summed E-state index contributed by atoms with van der Waals surface area (Å²) in [5.41, 5.74) is -0.502. The Morgan fingerprint density at radius 3 is 2.42 bits per heavy atom. The maximum Gasteiger partial charge on any atom is 0.410 e. The number of rotatable bonds is 4. The molecular formula is C13H25N3O3. The van der Waals surface area contributed by atoms with Gasteiger partial charge in [-0.25, -0.2) is 9.59 Å². The lowest BCUT2D eigenvalue weighted by atomic mass is 10.2. The van der Waals surface area contributed by atoms with Gasteiger partial charge in [-0.2, -0.15) is 0 Å². The zero-order valence-corrected chi connectivity index (χ0v) is 12.4. The summed E-state index contributed by atoms with van der Waals surface area (Å²) in [5, 5.41) is 5.58. The van der Waals surface area contributed by atoms with E-state index in [0.29, 0.717) is 25.0 Å². The summed E-state index contributed by atoms with van der Waals surface area (Å²) in [6.45, 7) is 8.39. The Labute approximate surface area is 114 Å². The van der Waals surface area contributed by atoms with E-state index in [0.717, 1.165) is 6.42 Å². The van der Waals surface area contributed by atoms with Crippen molar-refractivity contribution in [3.05, 3.63) is 0 Å². The monoisotopic (exact) mass is 271 g/mol. The van der Waals surface area contributed by atoms with Crippen molar-refractivity contribution in [2.24, 2.45) is 5.92 Å². The topological polar surface area (TPSA) is 70.7 Å². The number of nitrogens with one attached hydrogen (secondary N) is 2. The van der Waals surface area contributed by atoms with Crippen molar-refractivity contribution in [3.8, 4) is 0 Å². The quantitative estimate of drug-likeness (QED) is 0.815. The Balaban J connectivity index is 2.14. The smallest absolute Gasteiger partial charge is 0.410 e. The molecule has 0 aromatic rings. The van der Waals surface area contributed by atoms with Gasteiger partial charge >= 0.3 is 12.1 Å². The van der Waals surface area contributed by atoms with Gasteiger partial charge in [-0.1, -0.05) is 6.92 Å². The van der Waals surface area contributed by atoms with Crippen LogP contribution in [0.15, 0.2) is 0 Å². The highest BCUT2D eigenvalue weighted by molar-refractivity contribution is 5.74. The molecule has 3 amide bonds. The number of nitrogens with zero attached hydrogens (tertiary/aromatic N) is 1.